The minimum absolute atomic E-state index is 0.0213. The summed E-state index contributed by atoms with van der Waals surface area (Å²) >= 11 is 0. The molecule has 8 nitrogen and oxygen atoms in total. The summed E-state index contributed by atoms with van der Waals surface area (Å²) in [5.41, 5.74) is 2.31. The largest absolute Gasteiger partial charge is 0.450 e. The van der Waals surface area contributed by atoms with E-state index in [4.69, 9.17) is 4.74 Å². The summed E-state index contributed by atoms with van der Waals surface area (Å²) in [7, 11) is 3.46. The second-order valence-electron chi connectivity index (χ2n) is 7.40. The van der Waals surface area contributed by atoms with Crippen molar-refractivity contribution in [1.82, 2.24) is 20.4 Å². The first kappa shape index (κ1) is 22.5. The van der Waals surface area contributed by atoms with Gasteiger partial charge in [0.1, 0.15) is 0 Å². The van der Waals surface area contributed by atoms with Crippen molar-refractivity contribution in [2.45, 2.75) is 39.3 Å². The van der Waals surface area contributed by atoms with E-state index in [1.807, 2.05) is 6.92 Å². The average Bonchev–Trinajstić information content (AvgIpc) is 2.71. The Balaban J connectivity index is 1.95. The summed E-state index contributed by atoms with van der Waals surface area (Å²) in [5, 5.41) is 6.54. The molecule has 0 aromatic heterocycles. The van der Waals surface area contributed by atoms with Crippen LogP contribution in [0.5, 0.6) is 0 Å². The number of hydrogen-bond donors (Lipinski definition) is 2. The zero-order valence-electron chi connectivity index (χ0n) is 17.9. The minimum Gasteiger partial charge on any atom is -0.450 e. The normalized spacial score (nSPS) is 15.0. The minimum atomic E-state index is -0.256. The van der Waals surface area contributed by atoms with Crippen LogP contribution < -0.4 is 10.6 Å². The summed E-state index contributed by atoms with van der Waals surface area (Å²) in [6, 6.07) is 8.41. The van der Waals surface area contributed by atoms with Gasteiger partial charge in [0.2, 0.25) is 5.91 Å². The molecule has 0 atom stereocenters. The maximum absolute atomic E-state index is 12.0. The fraction of sp³-hybridized carbons (Fsp3) is 0.571. The number of nitrogens with one attached hydrogen (secondary N) is 2. The van der Waals surface area contributed by atoms with E-state index in [9.17, 15) is 9.59 Å². The molecular weight excluding hydrogens is 370 g/mol. The highest BCUT2D eigenvalue weighted by Gasteiger charge is 2.24. The fourth-order valence-corrected chi connectivity index (χ4v) is 2.95. The summed E-state index contributed by atoms with van der Waals surface area (Å²) in [6.07, 6.45) is 1.34. The Bertz CT molecular complexity index is 695. The Morgan fingerprint density at radius 3 is 2.45 bits per heavy atom. The van der Waals surface area contributed by atoms with Gasteiger partial charge in [-0.2, -0.15) is 0 Å². The van der Waals surface area contributed by atoms with Crippen LogP contribution in [0.25, 0.3) is 0 Å². The molecule has 0 unspecified atom stereocenters. The second kappa shape index (κ2) is 11.3. The van der Waals surface area contributed by atoms with Crippen LogP contribution in [-0.4, -0.2) is 74.1 Å². The van der Waals surface area contributed by atoms with Gasteiger partial charge in [-0.3, -0.25) is 4.79 Å². The molecule has 0 saturated carbocycles. The molecule has 8 heteroatoms. The highest BCUT2D eigenvalue weighted by atomic mass is 16.6. The van der Waals surface area contributed by atoms with Crippen molar-refractivity contribution in [1.29, 1.82) is 0 Å². The number of likely N-dealkylation sites (tertiary alicyclic amines) is 1. The molecule has 0 spiro atoms. The van der Waals surface area contributed by atoms with Gasteiger partial charge in [0.15, 0.2) is 5.96 Å². The van der Waals surface area contributed by atoms with Crippen LogP contribution in [0, 0.1) is 6.92 Å². The summed E-state index contributed by atoms with van der Waals surface area (Å²) in [4.78, 5) is 31.7. The lowest BCUT2D eigenvalue weighted by molar-refractivity contribution is -0.127. The average molecular weight is 404 g/mol. The van der Waals surface area contributed by atoms with Crippen molar-refractivity contribution >= 4 is 18.0 Å². The van der Waals surface area contributed by atoms with E-state index in [1.165, 1.54) is 5.56 Å². The number of carbonyl (C=O) groups is 2. The number of aryl methyl sites for hydroxylation is 1. The van der Waals surface area contributed by atoms with Gasteiger partial charge in [-0.05, 0) is 32.3 Å². The van der Waals surface area contributed by atoms with Crippen LogP contribution in [-0.2, 0) is 16.1 Å². The van der Waals surface area contributed by atoms with Crippen LogP contribution in [0.15, 0.2) is 29.3 Å². The number of rotatable bonds is 6. The van der Waals surface area contributed by atoms with Crippen molar-refractivity contribution in [3.05, 3.63) is 35.4 Å². The molecule has 2 amide bonds. The summed E-state index contributed by atoms with van der Waals surface area (Å²) < 4.78 is 5.07. The van der Waals surface area contributed by atoms with Gasteiger partial charge < -0.3 is 25.2 Å². The maximum atomic E-state index is 12.0. The standard InChI is InChI=1S/C21H33N5O3/c1-5-29-21(28)26-12-10-18(11-13-26)24-20(23-15-19(27)25(3)4)22-14-17-8-6-16(2)7-9-17/h6-9,18H,5,10-15H2,1-4H3,(H2,22,23,24). The number of benzene rings is 1. The SMILES string of the molecule is CCOC(=O)N1CCC(NC(=NCc2ccc(C)cc2)NCC(=O)N(C)C)CC1. The van der Waals surface area contributed by atoms with Crippen molar-refractivity contribution in [2.75, 3.05) is 40.3 Å². The molecular formula is C21H33N5O3. The highest BCUT2D eigenvalue weighted by Crippen LogP contribution is 2.12. The molecule has 1 heterocycles. The third-order valence-corrected chi connectivity index (χ3v) is 4.81. The summed E-state index contributed by atoms with van der Waals surface area (Å²) in [6.45, 7) is 6.22. The predicted molar refractivity (Wildman–Crippen MR) is 114 cm³/mol. The van der Waals surface area contributed by atoms with Gasteiger partial charge in [-0.1, -0.05) is 29.8 Å². The zero-order valence-corrected chi connectivity index (χ0v) is 17.9. The smallest absolute Gasteiger partial charge is 0.409 e. The quantitative estimate of drug-likeness (QED) is 0.558. The molecule has 1 fully saturated rings. The van der Waals surface area contributed by atoms with E-state index in [0.29, 0.717) is 32.2 Å². The van der Waals surface area contributed by atoms with Crippen molar-refractivity contribution < 1.29 is 14.3 Å². The second-order valence-corrected chi connectivity index (χ2v) is 7.40. The van der Waals surface area contributed by atoms with E-state index in [2.05, 4.69) is 46.8 Å². The molecule has 1 aromatic rings. The van der Waals surface area contributed by atoms with Gasteiger partial charge in [-0.15, -0.1) is 0 Å². The molecule has 160 valence electrons. The maximum Gasteiger partial charge on any atom is 0.409 e. The van der Waals surface area contributed by atoms with Gasteiger partial charge in [0.05, 0.1) is 19.7 Å². The Morgan fingerprint density at radius 2 is 1.86 bits per heavy atom. The molecule has 0 bridgehead atoms. The molecule has 29 heavy (non-hydrogen) atoms. The van der Waals surface area contributed by atoms with Crippen molar-refractivity contribution in [3.8, 4) is 0 Å². The number of nitrogens with zero attached hydrogens (tertiary/aromatic N) is 3. The van der Waals surface area contributed by atoms with Crippen LogP contribution in [0.1, 0.15) is 30.9 Å². The van der Waals surface area contributed by atoms with Gasteiger partial charge in [-0.25, -0.2) is 9.79 Å². The van der Waals surface area contributed by atoms with Crippen LogP contribution >= 0.6 is 0 Å². The topological polar surface area (TPSA) is 86.3 Å². The molecule has 1 aliphatic heterocycles. The first-order valence-electron chi connectivity index (χ1n) is 10.1. The molecule has 2 rings (SSSR count). The number of guanidine groups is 1. The Morgan fingerprint density at radius 1 is 1.21 bits per heavy atom. The molecule has 1 saturated heterocycles. The highest BCUT2D eigenvalue weighted by molar-refractivity contribution is 5.86. The Kier molecular flexibility index (Phi) is 8.76. The molecule has 0 radical (unpaired) electrons. The third-order valence-electron chi connectivity index (χ3n) is 4.81. The number of ether oxygens (including phenoxy) is 1. The number of amides is 2. The Labute approximate surface area is 173 Å². The fourth-order valence-electron chi connectivity index (χ4n) is 2.95. The number of hydrogen-bond acceptors (Lipinski definition) is 4. The number of piperidine rings is 1. The monoisotopic (exact) mass is 403 g/mol. The Hall–Kier alpha value is -2.77. The van der Waals surface area contributed by atoms with Gasteiger partial charge in [0, 0.05) is 33.2 Å². The first-order chi connectivity index (χ1) is 13.9. The molecule has 0 aliphatic carbocycles. The zero-order chi connectivity index (χ0) is 21.2. The van der Waals surface area contributed by atoms with Gasteiger partial charge >= 0.3 is 6.09 Å². The lowest BCUT2D eigenvalue weighted by atomic mass is 10.1. The number of likely N-dealkylation sites (N-methyl/N-ethyl adjacent to an activating group) is 1. The number of carbonyl (C=O) groups excluding carboxylic acids is 2. The first-order valence-corrected chi connectivity index (χ1v) is 10.1. The summed E-state index contributed by atoms with van der Waals surface area (Å²) in [5.74, 6) is 0.585. The lowest BCUT2D eigenvalue weighted by Crippen LogP contribution is -2.51. The van der Waals surface area contributed by atoms with E-state index in [0.717, 1.165) is 18.4 Å². The van der Waals surface area contributed by atoms with Gasteiger partial charge in [0.25, 0.3) is 0 Å². The van der Waals surface area contributed by atoms with E-state index < -0.39 is 0 Å². The lowest BCUT2D eigenvalue weighted by Gasteiger charge is -2.32. The molecule has 1 aliphatic rings. The van der Waals surface area contributed by atoms with Crippen LogP contribution in [0.4, 0.5) is 4.79 Å². The van der Waals surface area contributed by atoms with E-state index in [-0.39, 0.29) is 24.6 Å². The van der Waals surface area contributed by atoms with E-state index >= 15 is 0 Å². The van der Waals surface area contributed by atoms with Crippen LogP contribution in [0.3, 0.4) is 0 Å². The number of aliphatic imine (C=N–C) groups is 1. The predicted octanol–water partition coefficient (Wildman–Crippen LogP) is 1.74. The molecule has 2 N–H and O–H groups in total. The van der Waals surface area contributed by atoms with E-state index in [1.54, 1.807) is 23.9 Å². The third kappa shape index (κ3) is 7.63. The van der Waals surface area contributed by atoms with Crippen molar-refractivity contribution in [2.24, 2.45) is 4.99 Å². The van der Waals surface area contributed by atoms with Crippen molar-refractivity contribution in [3.63, 3.8) is 0 Å². The van der Waals surface area contributed by atoms with Crippen LogP contribution in [0.2, 0.25) is 0 Å². The molecule has 1 aromatic carbocycles.